The summed E-state index contributed by atoms with van der Waals surface area (Å²) in [7, 11) is 0. The summed E-state index contributed by atoms with van der Waals surface area (Å²) < 4.78 is 5.30. The third-order valence-corrected chi connectivity index (χ3v) is 2.69. The molecule has 0 saturated heterocycles. The number of benzene rings is 1. The Bertz CT molecular complexity index is 389. The number of carbonyl (C=O) groups is 1. The van der Waals surface area contributed by atoms with E-state index >= 15 is 0 Å². The van der Waals surface area contributed by atoms with Crippen LogP contribution < -0.4 is 11.3 Å². The lowest BCUT2D eigenvalue weighted by Gasteiger charge is -2.11. The summed E-state index contributed by atoms with van der Waals surface area (Å²) in [5.41, 5.74) is 5.59. The second kappa shape index (κ2) is 6.37. The lowest BCUT2D eigenvalue weighted by Crippen LogP contribution is -2.33. The average Bonchev–Trinajstić information content (AvgIpc) is 2.30. The minimum absolute atomic E-state index is 0.0121. The molecule has 0 heterocycles. The van der Waals surface area contributed by atoms with Crippen molar-refractivity contribution >= 4 is 5.91 Å². The third kappa shape index (κ3) is 4.17. The first-order valence-electron chi connectivity index (χ1n) is 5.71. The summed E-state index contributed by atoms with van der Waals surface area (Å²) in [5, 5.41) is 0. The Labute approximate surface area is 102 Å². The van der Waals surface area contributed by atoms with E-state index < -0.39 is 0 Å². The minimum atomic E-state index is -0.317. The monoisotopic (exact) mass is 236 g/mol. The molecule has 0 aliphatic carbocycles. The van der Waals surface area contributed by atoms with Crippen LogP contribution in [0.15, 0.2) is 18.2 Å². The van der Waals surface area contributed by atoms with Crippen LogP contribution in [0.3, 0.4) is 0 Å². The molecule has 1 aromatic rings. The van der Waals surface area contributed by atoms with E-state index in [9.17, 15) is 4.79 Å². The van der Waals surface area contributed by atoms with Gasteiger partial charge in [-0.25, -0.2) is 5.84 Å². The zero-order chi connectivity index (χ0) is 12.8. The Morgan fingerprint density at radius 3 is 2.76 bits per heavy atom. The van der Waals surface area contributed by atoms with Gasteiger partial charge in [-0.05, 0) is 29.5 Å². The van der Waals surface area contributed by atoms with Gasteiger partial charge in [-0.2, -0.15) is 0 Å². The third-order valence-electron chi connectivity index (χ3n) is 2.69. The van der Waals surface area contributed by atoms with Crippen LogP contribution in [0.4, 0.5) is 0 Å². The fourth-order valence-electron chi connectivity index (χ4n) is 1.50. The Morgan fingerprint density at radius 1 is 1.47 bits per heavy atom. The lowest BCUT2D eigenvalue weighted by molar-refractivity contribution is -0.126. The number of hydrazine groups is 1. The predicted molar refractivity (Wildman–Crippen MR) is 67.3 cm³/mol. The highest BCUT2D eigenvalue weighted by Gasteiger charge is 2.05. The predicted octanol–water partition coefficient (Wildman–Crippen LogP) is 1.62. The number of nitrogens with two attached hydrogens (primary N) is 1. The fourth-order valence-corrected chi connectivity index (χ4v) is 1.50. The SMILES string of the molecule is Cc1ccc(C(C)C)cc1COCC(=O)NN. The van der Waals surface area contributed by atoms with Gasteiger partial charge in [0.15, 0.2) is 0 Å². The molecule has 1 rings (SSSR count). The van der Waals surface area contributed by atoms with E-state index in [1.165, 1.54) is 11.1 Å². The van der Waals surface area contributed by atoms with Crippen molar-refractivity contribution in [1.82, 2.24) is 5.43 Å². The maximum absolute atomic E-state index is 10.9. The number of nitrogens with one attached hydrogen (secondary N) is 1. The fraction of sp³-hybridized carbons (Fsp3) is 0.462. The largest absolute Gasteiger partial charge is 0.367 e. The zero-order valence-electron chi connectivity index (χ0n) is 10.6. The van der Waals surface area contributed by atoms with Crippen molar-refractivity contribution in [2.24, 2.45) is 5.84 Å². The van der Waals surface area contributed by atoms with Gasteiger partial charge in [-0.15, -0.1) is 0 Å². The van der Waals surface area contributed by atoms with Crippen LogP contribution in [-0.4, -0.2) is 12.5 Å². The molecular formula is C13H20N2O2. The van der Waals surface area contributed by atoms with Gasteiger partial charge in [0, 0.05) is 0 Å². The minimum Gasteiger partial charge on any atom is -0.367 e. The van der Waals surface area contributed by atoms with E-state index in [0.29, 0.717) is 12.5 Å². The molecule has 0 unspecified atom stereocenters. The van der Waals surface area contributed by atoms with Crippen molar-refractivity contribution < 1.29 is 9.53 Å². The molecule has 0 aromatic heterocycles. The van der Waals surface area contributed by atoms with Crippen LogP contribution >= 0.6 is 0 Å². The van der Waals surface area contributed by atoms with Gasteiger partial charge in [0.2, 0.25) is 0 Å². The van der Waals surface area contributed by atoms with Crippen molar-refractivity contribution in [3.63, 3.8) is 0 Å². The Morgan fingerprint density at radius 2 is 2.18 bits per heavy atom. The summed E-state index contributed by atoms with van der Waals surface area (Å²) in [6.45, 7) is 6.75. The highest BCUT2D eigenvalue weighted by atomic mass is 16.5. The van der Waals surface area contributed by atoms with E-state index in [1.807, 2.05) is 12.3 Å². The smallest absolute Gasteiger partial charge is 0.259 e. The van der Waals surface area contributed by atoms with Crippen molar-refractivity contribution in [2.75, 3.05) is 6.61 Å². The van der Waals surface area contributed by atoms with Crippen molar-refractivity contribution in [2.45, 2.75) is 33.3 Å². The number of carbonyl (C=O) groups excluding carboxylic acids is 1. The lowest BCUT2D eigenvalue weighted by atomic mass is 9.98. The Kier molecular flexibility index (Phi) is 5.12. The van der Waals surface area contributed by atoms with Crippen LogP contribution in [0.1, 0.15) is 36.5 Å². The van der Waals surface area contributed by atoms with Gasteiger partial charge in [0.05, 0.1) is 6.61 Å². The molecule has 0 aliphatic rings. The second-order valence-corrected chi connectivity index (χ2v) is 4.40. The first-order valence-corrected chi connectivity index (χ1v) is 5.71. The second-order valence-electron chi connectivity index (χ2n) is 4.40. The van der Waals surface area contributed by atoms with E-state index in [4.69, 9.17) is 10.6 Å². The van der Waals surface area contributed by atoms with Gasteiger partial charge >= 0.3 is 0 Å². The molecule has 3 N–H and O–H groups in total. The molecule has 4 heteroatoms. The summed E-state index contributed by atoms with van der Waals surface area (Å²) >= 11 is 0. The normalized spacial score (nSPS) is 10.6. The van der Waals surface area contributed by atoms with E-state index in [1.54, 1.807) is 0 Å². The number of ether oxygens (including phenoxy) is 1. The number of amides is 1. The molecular weight excluding hydrogens is 216 g/mol. The molecule has 0 saturated carbocycles. The van der Waals surface area contributed by atoms with Crippen molar-refractivity contribution in [3.05, 3.63) is 34.9 Å². The number of aryl methyl sites for hydroxylation is 1. The van der Waals surface area contributed by atoms with E-state index in [0.717, 1.165) is 5.56 Å². The van der Waals surface area contributed by atoms with Gasteiger partial charge in [0.25, 0.3) is 5.91 Å². The summed E-state index contributed by atoms with van der Waals surface area (Å²) in [6, 6.07) is 6.33. The van der Waals surface area contributed by atoms with E-state index in [2.05, 4.69) is 32.0 Å². The topological polar surface area (TPSA) is 64.3 Å². The molecule has 0 bridgehead atoms. The summed E-state index contributed by atoms with van der Waals surface area (Å²) in [4.78, 5) is 10.9. The standard InChI is InChI=1S/C13H20N2O2/c1-9(2)11-5-4-10(3)12(6-11)7-17-8-13(16)15-14/h4-6,9H,7-8,14H2,1-3H3,(H,15,16). The van der Waals surface area contributed by atoms with E-state index in [-0.39, 0.29) is 12.5 Å². The maximum Gasteiger partial charge on any atom is 0.259 e. The molecule has 0 radical (unpaired) electrons. The van der Waals surface area contributed by atoms with Crippen LogP contribution in [0, 0.1) is 6.92 Å². The molecule has 4 nitrogen and oxygen atoms in total. The zero-order valence-corrected chi connectivity index (χ0v) is 10.6. The van der Waals surface area contributed by atoms with Crippen LogP contribution in [0.25, 0.3) is 0 Å². The molecule has 0 aliphatic heterocycles. The van der Waals surface area contributed by atoms with Crippen LogP contribution in [0.2, 0.25) is 0 Å². The van der Waals surface area contributed by atoms with Gasteiger partial charge in [0.1, 0.15) is 6.61 Å². The molecule has 1 amide bonds. The summed E-state index contributed by atoms with van der Waals surface area (Å²) in [5.74, 6) is 5.14. The first-order chi connectivity index (χ1) is 8.04. The van der Waals surface area contributed by atoms with Gasteiger partial charge < -0.3 is 4.74 Å². The average molecular weight is 236 g/mol. The van der Waals surface area contributed by atoms with Crippen molar-refractivity contribution in [1.29, 1.82) is 0 Å². The highest BCUT2D eigenvalue weighted by molar-refractivity contribution is 5.76. The molecule has 0 atom stereocenters. The maximum atomic E-state index is 10.9. The number of hydrogen-bond donors (Lipinski definition) is 2. The van der Waals surface area contributed by atoms with Crippen LogP contribution in [0.5, 0.6) is 0 Å². The molecule has 0 fully saturated rings. The van der Waals surface area contributed by atoms with Gasteiger partial charge in [-0.1, -0.05) is 32.0 Å². The highest BCUT2D eigenvalue weighted by Crippen LogP contribution is 2.19. The first kappa shape index (κ1) is 13.7. The van der Waals surface area contributed by atoms with Gasteiger partial charge in [-0.3, -0.25) is 10.2 Å². The van der Waals surface area contributed by atoms with Crippen LogP contribution in [-0.2, 0) is 16.1 Å². The quantitative estimate of drug-likeness (QED) is 0.464. The van der Waals surface area contributed by atoms with Crippen molar-refractivity contribution in [3.8, 4) is 0 Å². The molecule has 17 heavy (non-hydrogen) atoms. The summed E-state index contributed by atoms with van der Waals surface area (Å²) in [6.07, 6.45) is 0. The molecule has 0 spiro atoms. The Balaban J connectivity index is 2.63. The number of rotatable bonds is 5. The molecule has 94 valence electrons. The number of hydrogen-bond acceptors (Lipinski definition) is 3. The Hall–Kier alpha value is -1.39. The molecule has 1 aromatic carbocycles.